The number of carbonyl (C=O) groups is 2. The molecule has 0 aliphatic heterocycles. The molecule has 0 saturated heterocycles. The van der Waals surface area contributed by atoms with E-state index in [2.05, 4.69) is 12.2 Å². The smallest absolute Gasteiger partial charge is 0.328 e. The van der Waals surface area contributed by atoms with Crippen molar-refractivity contribution in [3.05, 3.63) is 35.4 Å². The van der Waals surface area contributed by atoms with Crippen LogP contribution in [0.4, 0.5) is 0 Å². The Morgan fingerprint density at radius 1 is 1.27 bits per heavy atom. The van der Waals surface area contributed by atoms with Gasteiger partial charge in [-0.2, -0.15) is 11.8 Å². The van der Waals surface area contributed by atoms with Crippen LogP contribution >= 0.6 is 11.8 Å². The van der Waals surface area contributed by atoms with Crippen molar-refractivity contribution in [2.45, 2.75) is 38.6 Å². The van der Waals surface area contributed by atoms with E-state index in [9.17, 15) is 9.59 Å². The van der Waals surface area contributed by atoms with Crippen LogP contribution in [0.2, 0.25) is 0 Å². The number of amides is 1. The minimum Gasteiger partial charge on any atom is -0.467 e. The zero-order valence-corrected chi connectivity index (χ0v) is 14.4. The number of rotatable bonds is 9. The topological polar surface area (TPSA) is 55.4 Å². The maximum Gasteiger partial charge on any atom is 0.328 e. The zero-order chi connectivity index (χ0) is 16.4. The Hall–Kier alpha value is -1.49. The number of thioether (sulfide) groups is 1. The molecule has 0 aliphatic rings. The van der Waals surface area contributed by atoms with Gasteiger partial charge in [0.05, 0.1) is 7.11 Å². The number of benzene rings is 1. The van der Waals surface area contributed by atoms with Gasteiger partial charge in [-0.05, 0) is 49.0 Å². The molecule has 0 aliphatic carbocycles. The lowest BCUT2D eigenvalue weighted by Gasteiger charge is -2.16. The van der Waals surface area contributed by atoms with Crippen LogP contribution in [0.15, 0.2) is 24.3 Å². The lowest BCUT2D eigenvalue weighted by Crippen LogP contribution is -2.41. The number of esters is 1. The van der Waals surface area contributed by atoms with E-state index in [0.717, 1.165) is 25.0 Å². The summed E-state index contributed by atoms with van der Waals surface area (Å²) in [6, 6.07) is 6.97. The lowest BCUT2D eigenvalue weighted by atomic mass is 10.1. The lowest BCUT2D eigenvalue weighted by molar-refractivity contribution is -0.142. The SMILES string of the molecule is CCCCc1ccc(C(=O)NC(CCSC)C(=O)OC)cc1. The van der Waals surface area contributed by atoms with Crippen LogP contribution in [0.25, 0.3) is 0 Å². The Balaban J connectivity index is 2.66. The summed E-state index contributed by atoms with van der Waals surface area (Å²) in [5, 5.41) is 2.75. The Labute approximate surface area is 137 Å². The van der Waals surface area contributed by atoms with E-state index in [1.807, 2.05) is 30.5 Å². The van der Waals surface area contributed by atoms with Gasteiger partial charge in [-0.1, -0.05) is 25.5 Å². The highest BCUT2D eigenvalue weighted by Gasteiger charge is 2.21. The maximum atomic E-state index is 12.2. The molecule has 22 heavy (non-hydrogen) atoms. The van der Waals surface area contributed by atoms with Gasteiger partial charge >= 0.3 is 5.97 Å². The van der Waals surface area contributed by atoms with E-state index >= 15 is 0 Å². The van der Waals surface area contributed by atoms with Crippen molar-refractivity contribution in [1.82, 2.24) is 5.32 Å². The number of unbranched alkanes of at least 4 members (excludes halogenated alkanes) is 1. The molecule has 0 bridgehead atoms. The third-order valence-electron chi connectivity index (χ3n) is 3.44. The van der Waals surface area contributed by atoms with Crippen molar-refractivity contribution in [2.75, 3.05) is 19.1 Å². The van der Waals surface area contributed by atoms with E-state index in [-0.39, 0.29) is 5.91 Å². The molecule has 0 aromatic heterocycles. The van der Waals surface area contributed by atoms with E-state index in [1.165, 1.54) is 12.7 Å². The number of aryl methyl sites for hydroxylation is 1. The van der Waals surface area contributed by atoms with Gasteiger partial charge < -0.3 is 10.1 Å². The van der Waals surface area contributed by atoms with Crippen molar-refractivity contribution in [3.8, 4) is 0 Å². The molecule has 1 atom stereocenters. The predicted molar refractivity (Wildman–Crippen MR) is 91.3 cm³/mol. The molecule has 1 N–H and O–H groups in total. The molecule has 0 fully saturated rings. The number of methoxy groups -OCH3 is 1. The summed E-state index contributed by atoms with van der Waals surface area (Å²) < 4.78 is 4.75. The van der Waals surface area contributed by atoms with Gasteiger partial charge in [0.1, 0.15) is 6.04 Å². The normalized spacial score (nSPS) is 11.8. The summed E-state index contributed by atoms with van der Waals surface area (Å²) in [6.45, 7) is 2.16. The Kier molecular flexibility index (Phi) is 8.67. The molecule has 122 valence electrons. The second kappa shape index (κ2) is 10.3. The van der Waals surface area contributed by atoms with Crippen LogP contribution in [-0.2, 0) is 16.0 Å². The first-order chi connectivity index (χ1) is 10.6. The van der Waals surface area contributed by atoms with Gasteiger partial charge in [-0.25, -0.2) is 4.79 Å². The van der Waals surface area contributed by atoms with Crippen LogP contribution < -0.4 is 5.32 Å². The molecule has 4 nitrogen and oxygen atoms in total. The van der Waals surface area contributed by atoms with Crippen LogP contribution in [0, 0.1) is 0 Å². The summed E-state index contributed by atoms with van der Waals surface area (Å²) >= 11 is 1.63. The number of nitrogens with one attached hydrogen (secondary N) is 1. The van der Waals surface area contributed by atoms with E-state index < -0.39 is 12.0 Å². The van der Waals surface area contributed by atoms with Crippen molar-refractivity contribution < 1.29 is 14.3 Å². The van der Waals surface area contributed by atoms with Crippen LogP contribution in [0.5, 0.6) is 0 Å². The molecule has 1 unspecified atom stereocenters. The van der Waals surface area contributed by atoms with Gasteiger partial charge in [0.2, 0.25) is 0 Å². The molecule has 0 radical (unpaired) electrons. The molecule has 0 saturated carbocycles. The second-order valence-corrected chi connectivity index (χ2v) is 6.12. The summed E-state index contributed by atoms with van der Waals surface area (Å²) in [5.41, 5.74) is 1.80. The third-order valence-corrected chi connectivity index (χ3v) is 4.08. The molecule has 1 amide bonds. The number of hydrogen-bond donors (Lipinski definition) is 1. The van der Waals surface area contributed by atoms with E-state index in [4.69, 9.17) is 4.74 Å². The zero-order valence-electron chi connectivity index (χ0n) is 13.6. The molecule has 1 rings (SSSR count). The van der Waals surface area contributed by atoms with Crippen molar-refractivity contribution in [2.24, 2.45) is 0 Å². The monoisotopic (exact) mass is 323 g/mol. The minimum absolute atomic E-state index is 0.237. The molecule has 1 aromatic carbocycles. The maximum absolute atomic E-state index is 12.2. The number of carbonyl (C=O) groups excluding carboxylic acids is 2. The van der Waals surface area contributed by atoms with Crippen molar-refractivity contribution in [1.29, 1.82) is 0 Å². The fourth-order valence-corrected chi connectivity index (χ4v) is 2.54. The highest BCUT2D eigenvalue weighted by molar-refractivity contribution is 7.98. The third kappa shape index (κ3) is 6.10. The first-order valence-electron chi connectivity index (χ1n) is 7.59. The first kappa shape index (κ1) is 18.6. The first-order valence-corrected chi connectivity index (χ1v) is 8.98. The summed E-state index contributed by atoms with van der Waals surface area (Å²) in [5.74, 6) is 0.149. The molecular weight excluding hydrogens is 298 g/mol. The fraction of sp³-hybridized carbons (Fsp3) is 0.529. The average Bonchev–Trinajstić information content (AvgIpc) is 2.56. The molecule has 5 heteroatoms. The fourth-order valence-electron chi connectivity index (χ4n) is 2.07. The highest BCUT2D eigenvalue weighted by atomic mass is 32.2. The van der Waals surface area contributed by atoms with Crippen molar-refractivity contribution >= 4 is 23.6 Å². The Morgan fingerprint density at radius 3 is 2.50 bits per heavy atom. The summed E-state index contributed by atoms with van der Waals surface area (Å²) in [6.07, 6.45) is 5.85. The summed E-state index contributed by atoms with van der Waals surface area (Å²) in [7, 11) is 1.34. The van der Waals surface area contributed by atoms with Crippen LogP contribution in [0.1, 0.15) is 42.1 Å². The standard InChI is InChI=1S/C17H25NO3S/c1-4-5-6-13-7-9-14(10-8-13)16(19)18-15(11-12-22-3)17(20)21-2/h7-10,15H,4-6,11-12H2,1-3H3,(H,18,19). The van der Waals surface area contributed by atoms with Crippen LogP contribution in [0.3, 0.4) is 0 Å². The van der Waals surface area contributed by atoms with E-state index in [0.29, 0.717) is 12.0 Å². The van der Waals surface area contributed by atoms with Gasteiger partial charge in [0.15, 0.2) is 0 Å². The van der Waals surface area contributed by atoms with Gasteiger partial charge in [0, 0.05) is 5.56 Å². The molecule has 0 heterocycles. The predicted octanol–water partition coefficient (Wildman–Crippen LogP) is 3.05. The Morgan fingerprint density at radius 2 is 1.95 bits per heavy atom. The van der Waals surface area contributed by atoms with Gasteiger partial charge in [-0.15, -0.1) is 0 Å². The molecule has 0 spiro atoms. The summed E-state index contributed by atoms with van der Waals surface area (Å²) in [4.78, 5) is 23.9. The van der Waals surface area contributed by atoms with Crippen molar-refractivity contribution in [3.63, 3.8) is 0 Å². The van der Waals surface area contributed by atoms with Gasteiger partial charge in [-0.3, -0.25) is 4.79 Å². The largest absolute Gasteiger partial charge is 0.467 e. The highest BCUT2D eigenvalue weighted by Crippen LogP contribution is 2.09. The molecule has 1 aromatic rings. The quantitative estimate of drug-likeness (QED) is 0.710. The number of hydrogen-bond acceptors (Lipinski definition) is 4. The average molecular weight is 323 g/mol. The van der Waals surface area contributed by atoms with E-state index in [1.54, 1.807) is 11.8 Å². The second-order valence-electron chi connectivity index (χ2n) is 5.13. The molecular formula is C17H25NO3S. The number of ether oxygens (including phenoxy) is 1. The van der Waals surface area contributed by atoms with Gasteiger partial charge in [0.25, 0.3) is 5.91 Å². The van der Waals surface area contributed by atoms with Crippen LogP contribution in [-0.4, -0.2) is 37.0 Å². The minimum atomic E-state index is -0.593. The Bertz CT molecular complexity index is 473.